The monoisotopic (exact) mass is 307 g/mol. The Bertz CT molecular complexity index is 661. The van der Waals surface area contributed by atoms with Gasteiger partial charge in [-0.15, -0.1) is 0 Å². The number of H-pyrrole nitrogens is 1. The third-order valence-corrected chi connectivity index (χ3v) is 4.92. The number of hydrogen-bond donors (Lipinski definition) is 1. The second-order valence-corrected chi connectivity index (χ2v) is 7.20. The lowest BCUT2D eigenvalue weighted by Crippen LogP contribution is -2.34. The summed E-state index contributed by atoms with van der Waals surface area (Å²) >= 11 is 0. The van der Waals surface area contributed by atoms with Gasteiger partial charge in [-0.2, -0.15) is 8.42 Å². The maximum absolute atomic E-state index is 12.7. The fourth-order valence-corrected chi connectivity index (χ4v) is 3.60. The highest BCUT2D eigenvalue weighted by molar-refractivity contribution is 7.92. The van der Waals surface area contributed by atoms with Crippen LogP contribution in [-0.4, -0.2) is 24.9 Å². The summed E-state index contributed by atoms with van der Waals surface area (Å²) < 4.78 is 26.9. The first-order valence-electron chi connectivity index (χ1n) is 7.05. The number of rotatable bonds is 6. The van der Waals surface area contributed by atoms with Gasteiger partial charge in [0.05, 0.1) is 18.2 Å². The summed E-state index contributed by atoms with van der Waals surface area (Å²) in [4.78, 5) is 6.49. The Hall–Kier alpha value is -1.82. The molecule has 0 aliphatic rings. The molecule has 0 atom stereocenters. The van der Waals surface area contributed by atoms with Crippen LogP contribution in [0.4, 0.5) is 5.69 Å². The van der Waals surface area contributed by atoms with Crippen molar-refractivity contribution in [1.29, 1.82) is 0 Å². The van der Waals surface area contributed by atoms with Gasteiger partial charge in [0, 0.05) is 6.54 Å². The molecule has 114 valence electrons. The van der Waals surface area contributed by atoms with Crippen molar-refractivity contribution in [1.82, 2.24) is 9.97 Å². The first-order valence-corrected chi connectivity index (χ1v) is 8.49. The van der Waals surface area contributed by atoms with Gasteiger partial charge >= 0.3 is 0 Å². The quantitative estimate of drug-likeness (QED) is 0.892. The summed E-state index contributed by atoms with van der Waals surface area (Å²) in [5.41, 5.74) is 1.86. The normalized spacial score (nSPS) is 11.8. The van der Waals surface area contributed by atoms with Crippen LogP contribution in [0.1, 0.15) is 26.3 Å². The van der Waals surface area contributed by atoms with Crippen molar-refractivity contribution in [3.05, 3.63) is 42.4 Å². The van der Waals surface area contributed by atoms with Crippen molar-refractivity contribution < 1.29 is 8.42 Å². The van der Waals surface area contributed by atoms with Crippen molar-refractivity contribution in [2.75, 3.05) is 10.8 Å². The highest BCUT2D eigenvalue weighted by Gasteiger charge is 2.26. The Labute approximate surface area is 126 Å². The molecule has 0 bridgehead atoms. The molecular weight excluding hydrogens is 286 g/mol. The lowest BCUT2D eigenvalue weighted by atomic mass is 10.1. The van der Waals surface area contributed by atoms with Crippen molar-refractivity contribution in [3.63, 3.8) is 0 Å². The molecule has 0 saturated heterocycles. The Kier molecular flexibility index (Phi) is 4.67. The number of benzene rings is 1. The minimum atomic E-state index is -3.61. The molecule has 1 aromatic carbocycles. The van der Waals surface area contributed by atoms with Gasteiger partial charge in [-0.3, -0.25) is 4.31 Å². The van der Waals surface area contributed by atoms with Crippen LogP contribution >= 0.6 is 0 Å². The molecular formula is C15H21N3O2S. The van der Waals surface area contributed by atoms with Crippen molar-refractivity contribution >= 4 is 15.7 Å². The van der Waals surface area contributed by atoms with E-state index in [0.717, 1.165) is 6.42 Å². The number of imidazole rings is 1. The summed E-state index contributed by atoms with van der Waals surface area (Å²) in [6.45, 7) is 6.49. The van der Waals surface area contributed by atoms with Crippen molar-refractivity contribution in [3.8, 4) is 0 Å². The number of nitrogens with zero attached hydrogens (tertiary/aromatic N) is 2. The smallest absolute Gasteiger partial charge is 0.281 e. The summed E-state index contributed by atoms with van der Waals surface area (Å²) in [5, 5.41) is 0.114. The highest BCUT2D eigenvalue weighted by Crippen LogP contribution is 2.24. The lowest BCUT2D eigenvalue weighted by Gasteiger charge is -2.25. The second kappa shape index (κ2) is 6.30. The Morgan fingerprint density at radius 3 is 2.38 bits per heavy atom. The van der Waals surface area contributed by atoms with Crippen LogP contribution in [0.15, 0.2) is 41.8 Å². The van der Waals surface area contributed by atoms with E-state index in [9.17, 15) is 8.42 Å². The molecule has 0 radical (unpaired) electrons. The van der Waals surface area contributed by atoms with Gasteiger partial charge in [-0.05, 0) is 30.0 Å². The van der Waals surface area contributed by atoms with E-state index >= 15 is 0 Å². The molecule has 0 amide bonds. The van der Waals surface area contributed by atoms with E-state index in [1.165, 1.54) is 22.4 Å². The minimum Gasteiger partial charge on any atom is -0.334 e. The van der Waals surface area contributed by atoms with Gasteiger partial charge in [0.15, 0.2) is 5.03 Å². The number of aryl methyl sites for hydroxylation is 1. The molecule has 0 unspecified atom stereocenters. The van der Waals surface area contributed by atoms with Gasteiger partial charge in [0.25, 0.3) is 10.0 Å². The first-order chi connectivity index (χ1) is 9.95. The highest BCUT2D eigenvalue weighted by atomic mass is 32.2. The van der Waals surface area contributed by atoms with E-state index in [1.807, 2.05) is 38.1 Å². The fourth-order valence-electron chi connectivity index (χ4n) is 2.07. The number of aromatic amines is 1. The van der Waals surface area contributed by atoms with Gasteiger partial charge in [-0.25, -0.2) is 4.98 Å². The van der Waals surface area contributed by atoms with Crippen LogP contribution in [0.3, 0.4) is 0 Å². The third kappa shape index (κ3) is 3.44. The Morgan fingerprint density at radius 1 is 1.24 bits per heavy atom. The molecule has 0 spiro atoms. The van der Waals surface area contributed by atoms with E-state index in [-0.39, 0.29) is 10.9 Å². The Morgan fingerprint density at radius 2 is 1.90 bits per heavy atom. The number of nitrogens with one attached hydrogen (secondary N) is 1. The van der Waals surface area contributed by atoms with Gasteiger partial charge in [-0.1, -0.05) is 32.9 Å². The van der Waals surface area contributed by atoms with Crippen LogP contribution in [0.2, 0.25) is 0 Å². The number of hydrogen-bond acceptors (Lipinski definition) is 3. The van der Waals surface area contributed by atoms with Gasteiger partial charge in [0.2, 0.25) is 0 Å². The van der Waals surface area contributed by atoms with E-state index in [2.05, 4.69) is 16.9 Å². The standard InChI is InChI=1S/C15H21N3O2S/c1-4-13-5-7-14(8-6-13)18(10-12(2)3)21(19,20)15-9-16-11-17-15/h5-9,11-12H,4,10H2,1-3H3,(H,16,17). The summed E-state index contributed by atoms with van der Waals surface area (Å²) in [5.74, 6) is 0.216. The molecule has 0 fully saturated rings. The van der Waals surface area contributed by atoms with Crippen LogP contribution in [0.25, 0.3) is 0 Å². The van der Waals surface area contributed by atoms with Crippen LogP contribution < -0.4 is 4.31 Å². The van der Waals surface area contributed by atoms with E-state index < -0.39 is 10.0 Å². The average Bonchev–Trinajstić information content (AvgIpc) is 2.99. The Balaban J connectivity index is 2.42. The summed E-state index contributed by atoms with van der Waals surface area (Å²) in [6, 6.07) is 7.64. The predicted molar refractivity (Wildman–Crippen MR) is 83.8 cm³/mol. The number of sulfonamides is 1. The van der Waals surface area contributed by atoms with Gasteiger partial charge in [0.1, 0.15) is 0 Å². The third-order valence-electron chi connectivity index (χ3n) is 3.20. The molecule has 0 aliphatic heterocycles. The number of anilines is 1. The molecule has 6 heteroatoms. The molecule has 5 nitrogen and oxygen atoms in total. The molecule has 0 saturated carbocycles. The topological polar surface area (TPSA) is 66.1 Å². The first kappa shape index (κ1) is 15.6. The molecule has 2 aromatic rings. The molecule has 21 heavy (non-hydrogen) atoms. The van der Waals surface area contributed by atoms with Crippen LogP contribution in [0, 0.1) is 5.92 Å². The number of aromatic nitrogens is 2. The molecule has 1 heterocycles. The second-order valence-electron chi connectivity index (χ2n) is 5.37. The maximum Gasteiger partial charge on any atom is 0.281 e. The van der Waals surface area contributed by atoms with Gasteiger partial charge < -0.3 is 4.98 Å². The summed E-state index contributed by atoms with van der Waals surface area (Å²) in [7, 11) is -3.61. The molecule has 2 rings (SSSR count). The van der Waals surface area contributed by atoms with Crippen molar-refractivity contribution in [2.24, 2.45) is 5.92 Å². The molecule has 1 aromatic heterocycles. The summed E-state index contributed by atoms with van der Waals surface area (Å²) in [6.07, 6.45) is 3.64. The lowest BCUT2D eigenvalue weighted by molar-refractivity contribution is 0.575. The predicted octanol–water partition coefficient (Wildman–Crippen LogP) is 2.82. The SMILES string of the molecule is CCc1ccc(N(CC(C)C)S(=O)(=O)c2cnc[nH]2)cc1. The van der Waals surface area contributed by atoms with E-state index in [1.54, 1.807) is 0 Å². The fraction of sp³-hybridized carbons (Fsp3) is 0.400. The zero-order chi connectivity index (χ0) is 15.5. The van der Waals surface area contributed by atoms with E-state index in [0.29, 0.717) is 12.2 Å². The maximum atomic E-state index is 12.7. The van der Waals surface area contributed by atoms with Crippen LogP contribution in [-0.2, 0) is 16.4 Å². The average molecular weight is 307 g/mol. The van der Waals surface area contributed by atoms with E-state index in [4.69, 9.17) is 0 Å². The molecule has 0 aliphatic carbocycles. The van der Waals surface area contributed by atoms with Crippen molar-refractivity contribution in [2.45, 2.75) is 32.2 Å². The molecule has 1 N–H and O–H groups in total. The van der Waals surface area contributed by atoms with Crippen LogP contribution in [0.5, 0.6) is 0 Å². The largest absolute Gasteiger partial charge is 0.334 e. The minimum absolute atomic E-state index is 0.114. The zero-order valence-electron chi connectivity index (χ0n) is 12.6. The zero-order valence-corrected chi connectivity index (χ0v) is 13.4.